The van der Waals surface area contributed by atoms with E-state index in [9.17, 15) is 14.9 Å². The molecular formula is C6H10N2O3. The van der Waals surface area contributed by atoms with Crippen LogP contribution in [0.25, 0.3) is 0 Å². The highest BCUT2D eigenvalue weighted by Crippen LogP contribution is 2.03. The smallest absolute Gasteiger partial charge is 0.262 e. The first-order valence-corrected chi connectivity index (χ1v) is 3.42. The minimum Gasteiger partial charge on any atom is -0.262 e. The van der Waals surface area contributed by atoms with Crippen molar-refractivity contribution in [3.8, 4) is 0 Å². The van der Waals surface area contributed by atoms with E-state index in [1.807, 2.05) is 6.92 Å². The van der Waals surface area contributed by atoms with Crippen LogP contribution in [0.2, 0.25) is 0 Å². The summed E-state index contributed by atoms with van der Waals surface area (Å²) in [6, 6.07) is 0. The Balaban J connectivity index is 3.89. The zero-order valence-electron chi connectivity index (χ0n) is 6.32. The Morgan fingerprint density at radius 2 is 2.36 bits per heavy atom. The maximum atomic E-state index is 10.1. The van der Waals surface area contributed by atoms with Gasteiger partial charge in [0.05, 0.1) is 0 Å². The molecule has 0 aromatic carbocycles. The minimum absolute atomic E-state index is 0.318. The highest BCUT2D eigenvalue weighted by molar-refractivity contribution is 5.33. The highest BCUT2D eigenvalue weighted by Gasteiger charge is 2.16. The van der Waals surface area contributed by atoms with Gasteiger partial charge in [-0.25, -0.2) is 4.79 Å². The first kappa shape index (κ1) is 9.78. The summed E-state index contributed by atoms with van der Waals surface area (Å²) >= 11 is 0. The Morgan fingerprint density at radius 3 is 2.73 bits per heavy atom. The fourth-order valence-corrected chi connectivity index (χ4v) is 0.665. The van der Waals surface area contributed by atoms with E-state index in [1.54, 1.807) is 0 Å². The minimum atomic E-state index is -1.09. The van der Waals surface area contributed by atoms with Crippen LogP contribution in [0.3, 0.4) is 0 Å². The third-order valence-corrected chi connectivity index (χ3v) is 1.26. The molecule has 1 unspecified atom stereocenters. The summed E-state index contributed by atoms with van der Waals surface area (Å²) in [5.41, 5.74) is 0. The predicted molar refractivity (Wildman–Crippen MR) is 38.4 cm³/mol. The number of hydrogen-bond acceptors (Lipinski definition) is 4. The summed E-state index contributed by atoms with van der Waals surface area (Å²) in [7, 11) is 0. The van der Waals surface area contributed by atoms with E-state index in [0.717, 1.165) is 6.42 Å². The molecule has 11 heavy (non-hydrogen) atoms. The van der Waals surface area contributed by atoms with E-state index in [4.69, 9.17) is 0 Å². The first-order valence-electron chi connectivity index (χ1n) is 3.42. The van der Waals surface area contributed by atoms with Gasteiger partial charge in [0.25, 0.3) is 0 Å². The lowest BCUT2D eigenvalue weighted by Crippen LogP contribution is -2.16. The van der Waals surface area contributed by atoms with Crippen molar-refractivity contribution in [3.63, 3.8) is 0 Å². The number of nitro groups is 1. The summed E-state index contributed by atoms with van der Waals surface area (Å²) < 4.78 is 0. The van der Waals surface area contributed by atoms with Crippen LogP contribution < -0.4 is 0 Å². The van der Waals surface area contributed by atoms with Gasteiger partial charge in [-0.15, -0.1) is 4.99 Å². The van der Waals surface area contributed by atoms with Crippen molar-refractivity contribution in [2.45, 2.75) is 32.4 Å². The molecule has 0 spiro atoms. The quantitative estimate of drug-likeness (QED) is 0.260. The maximum Gasteiger partial charge on any atom is 0.313 e. The molecule has 0 aliphatic carbocycles. The lowest BCUT2D eigenvalue weighted by molar-refractivity contribution is -0.521. The zero-order valence-corrected chi connectivity index (χ0v) is 6.32. The molecule has 0 bridgehead atoms. The molecule has 0 saturated carbocycles. The molecule has 0 rings (SSSR count). The van der Waals surface area contributed by atoms with Crippen LogP contribution in [0.4, 0.5) is 0 Å². The molecule has 0 heterocycles. The molecule has 5 heteroatoms. The standard InChI is InChI=1S/C6H10N2O3/c1-2-3-4-6(7-5-9)8(10)11/h6H,2-4H2,1H3. The fraction of sp³-hybridized carbons (Fsp3) is 0.833. The molecule has 62 valence electrons. The van der Waals surface area contributed by atoms with E-state index in [-0.39, 0.29) is 0 Å². The van der Waals surface area contributed by atoms with Gasteiger partial charge in [0.1, 0.15) is 0 Å². The molecule has 0 aromatic heterocycles. The molecule has 0 saturated heterocycles. The summed E-state index contributed by atoms with van der Waals surface area (Å²) in [5, 5.41) is 10.1. The summed E-state index contributed by atoms with van der Waals surface area (Å²) in [5.74, 6) is 0. The van der Waals surface area contributed by atoms with E-state index < -0.39 is 11.1 Å². The number of rotatable bonds is 5. The molecule has 0 aliphatic heterocycles. The largest absolute Gasteiger partial charge is 0.313 e. The van der Waals surface area contributed by atoms with Crippen LogP contribution in [-0.4, -0.2) is 17.2 Å². The van der Waals surface area contributed by atoms with Gasteiger partial charge in [-0.05, 0) is 6.42 Å². The Hall–Kier alpha value is -1.22. The van der Waals surface area contributed by atoms with Crippen molar-refractivity contribution in [1.82, 2.24) is 0 Å². The van der Waals surface area contributed by atoms with E-state index in [1.165, 1.54) is 6.08 Å². The molecule has 0 N–H and O–H groups in total. The van der Waals surface area contributed by atoms with Crippen LogP contribution >= 0.6 is 0 Å². The van der Waals surface area contributed by atoms with Crippen molar-refractivity contribution < 1.29 is 9.72 Å². The first-order chi connectivity index (χ1) is 5.22. The SMILES string of the molecule is CCCCC(N=C=O)[N+](=O)[O-]. The number of aliphatic imine (C=N–C) groups is 1. The number of hydrogen-bond donors (Lipinski definition) is 0. The number of nitrogens with zero attached hydrogens (tertiary/aromatic N) is 2. The molecule has 0 aromatic rings. The monoisotopic (exact) mass is 158 g/mol. The highest BCUT2D eigenvalue weighted by atomic mass is 16.6. The van der Waals surface area contributed by atoms with Crippen LogP contribution in [0.15, 0.2) is 4.99 Å². The second kappa shape index (κ2) is 5.56. The van der Waals surface area contributed by atoms with Crippen LogP contribution in [-0.2, 0) is 4.79 Å². The van der Waals surface area contributed by atoms with Gasteiger partial charge in [0, 0.05) is 11.3 Å². The lowest BCUT2D eigenvalue weighted by atomic mass is 10.2. The Kier molecular flexibility index (Phi) is 4.94. The summed E-state index contributed by atoms with van der Waals surface area (Å²) in [6.45, 7) is 1.92. The number of carbonyl (C=O) groups excluding carboxylic acids is 1. The second-order valence-electron chi connectivity index (χ2n) is 2.13. The van der Waals surface area contributed by atoms with Crippen molar-refractivity contribution >= 4 is 6.08 Å². The van der Waals surface area contributed by atoms with Gasteiger partial charge in [0.2, 0.25) is 6.08 Å². The van der Waals surface area contributed by atoms with Crippen molar-refractivity contribution in [2.75, 3.05) is 0 Å². The predicted octanol–water partition coefficient (Wildman–Crippen LogP) is 1.12. The normalized spacial score (nSPS) is 11.7. The van der Waals surface area contributed by atoms with Crippen LogP contribution in [0.1, 0.15) is 26.2 Å². The van der Waals surface area contributed by atoms with Gasteiger partial charge in [-0.2, -0.15) is 0 Å². The molecule has 5 nitrogen and oxygen atoms in total. The van der Waals surface area contributed by atoms with E-state index in [2.05, 4.69) is 4.99 Å². The average molecular weight is 158 g/mol. The summed E-state index contributed by atoms with van der Waals surface area (Å²) in [4.78, 5) is 22.3. The van der Waals surface area contributed by atoms with Gasteiger partial charge < -0.3 is 0 Å². The number of unbranched alkanes of at least 4 members (excludes halogenated alkanes) is 1. The van der Waals surface area contributed by atoms with Gasteiger partial charge >= 0.3 is 6.17 Å². The molecular weight excluding hydrogens is 148 g/mol. The van der Waals surface area contributed by atoms with Crippen molar-refractivity contribution in [2.24, 2.45) is 4.99 Å². The topological polar surface area (TPSA) is 72.6 Å². The third kappa shape index (κ3) is 4.22. The summed E-state index contributed by atoms with van der Waals surface area (Å²) in [6.07, 6.45) is 1.98. The van der Waals surface area contributed by atoms with Crippen molar-refractivity contribution in [1.29, 1.82) is 0 Å². The molecule has 0 amide bonds. The third-order valence-electron chi connectivity index (χ3n) is 1.26. The zero-order chi connectivity index (χ0) is 8.69. The molecule has 1 atom stereocenters. The van der Waals surface area contributed by atoms with Gasteiger partial charge in [0.15, 0.2) is 0 Å². The Morgan fingerprint density at radius 1 is 1.73 bits per heavy atom. The Labute approximate surface area is 64.3 Å². The van der Waals surface area contributed by atoms with Crippen LogP contribution in [0, 0.1) is 10.1 Å². The second-order valence-corrected chi connectivity index (χ2v) is 2.13. The molecule has 0 fully saturated rings. The maximum absolute atomic E-state index is 10.1. The van der Waals surface area contributed by atoms with Gasteiger partial charge in [-0.1, -0.05) is 13.3 Å². The molecule has 0 aliphatic rings. The van der Waals surface area contributed by atoms with E-state index >= 15 is 0 Å². The number of isocyanates is 1. The van der Waals surface area contributed by atoms with Gasteiger partial charge in [-0.3, -0.25) is 10.1 Å². The van der Waals surface area contributed by atoms with Crippen LogP contribution in [0.5, 0.6) is 0 Å². The van der Waals surface area contributed by atoms with Crippen molar-refractivity contribution in [3.05, 3.63) is 10.1 Å². The Bertz CT molecular complexity index is 173. The van der Waals surface area contributed by atoms with E-state index in [0.29, 0.717) is 12.8 Å². The fourth-order valence-electron chi connectivity index (χ4n) is 0.665. The molecule has 0 radical (unpaired) electrons. The average Bonchev–Trinajstić information content (AvgIpc) is 1.97. The lowest BCUT2D eigenvalue weighted by Gasteiger charge is -1.99.